The number of ether oxygens (including phenoxy) is 1. The van der Waals surface area contributed by atoms with Gasteiger partial charge in [-0.05, 0) is 30.4 Å². The van der Waals surface area contributed by atoms with Crippen molar-refractivity contribution >= 4 is 40.7 Å². The van der Waals surface area contributed by atoms with Crippen LogP contribution in [-0.2, 0) is 4.74 Å². The van der Waals surface area contributed by atoms with Crippen LogP contribution >= 0.6 is 12.2 Å². The smallest absolute Gasteiger partial charge is 0.341 e. The zero-order valence-electron chi connectivity index (χ0n) is 13.4. The molecule has 0 aliphatic rings. The maximum absolute atomic E-state index is 12.0. The standard InChI is InChI=1S/C15H13N5O5S/c1-25-14(22)11-6-3-7-16-12(11)17-15(26)19-18-13(21)9-4-2-5-10(8-9)20(23)24/h2-8H,1H3,(H,18,21)(H2,16,17,19,26). The van der Waals surface area contributed by atoms with Crippen molar-refractivity contribution in [2.75, 3.05) is 12.4 Å². The quantitative estimate of drug-likeness (QED) is 0.313. The molecule has 3 N–H and O–H groups in total. The fourth-order valence-electron chi connectivity index (χ4n) is 1.86. The van der Waals surface area contributed by atoms with Crippen molar-refractivity contribution in [2.45, 2.75) is 0 Å². The normalized spacial score (nSPS) is 9.73. The Morgan fingerprint density at radius 3 is 2.69 bits per heavy atom. The number of pyridine rings is 1. The highest BCUT2D eigenvalue weighted by Crippen LogP contribution is 2.13. The maximum Gasteiger partial charge on any atom is 0.341 e. The number of carbonyl (C=O) groups is 2. The molecule has 0 saturated heterocycles. The number of aromatic nitrogens is 1. The number of hydrogen-bond donors (Lipinski definition) is 3. The fraction of sp³-hybridized carbons (Fsp3) is 0.0667. The second-order valence-corrected chi connectivity index (χ2v) is 5.14. The van der Waals surface area contributed by atoms with Gasteiger partial charge in [-0.2, -0.15) is 0 Å². The number of amides is 1. The number of benzene rings is 1. The number of nitrogens with zero attached hydrogens (tertiary/aromatic N) is 2. The third-order valence-corrected chi connectivity index (χ3v) is 3.26. The van der Waals surface area contributed by atoms with Crippen LogP contribution in [0.3, 0.4) is 0 Å². The number of anilines is 1. The second-order valence-electron chi connectivity index (χ2n) is 4.73. The molecule has 0 spiro atoms. The number of carbonyl (C=O) groups excluding carboxylic acids is 2. The van der Waals surface area contributed by atoms with Crippen molar-refractivity contribution in [2.24, 2.45) is 0 Å². The Bertz CT molecular complexity index is 873. The van der Waals surface area contributed by atoms with Gasteiger partial charge in [-0.25, -0.2) is 9.78 Å². The van der Waals surface area contributed by atoms with Gasteiger partial charge in [0.1, 0.15) is 11.4 Å². The molecule has 134 valence electrons. The van der Waals surface area contributed by atoms with Crippen molar-refractivity contribution in [3.8, 4) is 0 Å². The predicted molar refractivity (Wildman–Crippen MR) is 95.5 cm³/mol. The highest BCUT2D eigenvalue weighted by Gasteiger charge is 2.14. The number of methoxy groups -OCH3 is 1. The summed E-state index contributed by atoms with van der Waals surface area (Å²) in [4.78, 5) is 37.8. The minimum atomic E-state index is -0.632. The molecule has 11 heteroatoms. The van der Waals surface area contributed by atoms with Gasteiger partial charge >= 0.3 is 5.97 Å². The molecule has 0 fully saturated rings. The number of nitro benzene ring substituents is 1. The summed E-state index contributed by atoms with van der Waals surface area (Å²) in [6.07, 6.45) is 1.44. The number of esters is 1. The average Bonchev–Trinajstić information content (AvgIpc) is 2.66. The third kappa shape index (κ3) is 4.70. The van der Waals surface area contributed by atoms with Crippen LogP contribution in [0, 0.1) is 10.1 Å². The van der Waals surface area contributed by atoms with Gasteiger partial charge in [-0.15, -0.1) is 0 Å². The lowest BCUT2D eigenvalue weighted by Gasteiger charge is -2.12. The van der Waals surface area contributed by atoms with Crippen LogP contribution < -0.4 is 16.2 Å². The Morgan fingerprint density at radius 1 is 1.23 bits per heavy atom. The maximum atomic E-state index is 12.0. The number of non-ortho nitro benzene ring substituents is 1. The van der Waals surface area contributed by atoms with Crippen LogP contribution in [0.5, 0.6) is 0 Å². The molecule has 1 heterocycles. The molecule has 0 radical (unpaired) electrons. The minimum Gasteiger partial charge on any atom is -0.465 e. The van der Waals surface area contributed by atoms with E-state index in [0.717, 1.165) is 6.07 Å². The highest BCUT2D eigenvalue weighted by atomic mass is 32.1. The largest absolute Gasteiger partial charge is 0.465 e. The summed E-state index contributed by atoms with van der Waals surface area (Å²) in [5.41, 5.74) is 4.72. The molecule has 0 atom stereocenters. The van der Waals surface area contributed by atoms with Crippen molar-refractivity contribution in [1.82, 2.24) is 15.8 Å². The highest BCUT2D eigenvalue weighted by molar-refractivity contribution is 7.80. The summed E-state index contributed by atoms with van der Waals surface area (Å²) in [6, 6.07) is 8.24. The number of nitro groups is 1. The molecule has 0 aliphatic heterocycles. The van der Waals surface area contributed by atoms with Crippen LogP contribution in [0.2, 0.25) is 0 Å². The van der Waals surface area contributed by atoms with Crippen LogP contribution in [0.4, 0.5) is 11.5 Å². The summed E-state index contributed by atoms with van der Waals surface area (Å²) >= 11 is 5.02. The fourth-order valence-corrected chi connectivity index (χ4v) is 2.01. The van der Waals surface area contributed by atoms with Crippen LogP contribution in [0.25, 0.3) is 0 Å². The lowest BCUT2D eigenvalue weighted by molar-refractivity contribution is -0.384. The van der Waals surface area contributed by atoms with Gasteiger partial charge in [-0.1, -0.05) is 6.07 Å². The van der Waals surface area contributed by atoms with Crippen molar-refractivity contribution in [3.05, 3.63) is 63.8 Å². The molecule has 0 saturated carbocycles. The lowest BCUT2D eigenvalue weighted by Crippen LogP contribution is -2.44. The van der Waals surface area contributed by atoms with Crippen molar-refractivity contribution in [3.63, 3.8) is 0 Å². The van der Waals surface area contributed by atoms with E-state index in [-0.39, 0.29) is 27.7 Å². The molecule has 26 heavy (non-hydrogen) atoms. The van der Waals surface area contributed by atoms with Gasteiger partial charge in [0, 0.05) is 23.9 Å². The molecular formula is C15H13N5O5S. The zero-order valence-corrected chi connectivity index (χ0v) is 14.2. The number of rotatable bonds is 4. The van der Waals surface area contributed by atoms with Gasteiger partial charge in [0.15, 0.2) is 5.11 Å². The molecule has 0 unspecified atom stereocenters. The number of hydrogen-bond acceptors (Lipinski definition) is 7. The first-order valence-electron chi connectivity index (χ1n) is 7.07. The van der Waals surface area contributed by atoms with Crippen LogP contribution in [0.15, 0.2) is 42.6 Å². The van der Waals surface area contributed by atoms with E-state index in [4.69, 9.17) is 12.2 Å². The van der Waals surface area contributed by atoms with E-state index >= 15 is 0 Å². The van der Waals surface area contributed by atoms with E-state index in [1.807, 2.05) is 0 Å². The molecule has 10 nitrogen and oxygen atoms in total. The zero-order chi connectivity index (χ0) is 19.1. The SMILES string of the molecule is COC(=O)c1cccnc1NC(=S)NNC(=O)c1cccc([N+](=O)[O-])c1. The Balaban J connectivity index is 1.99. The summed E-state index contributed by atoms with van der Waals surface area (Å²) < 4.78 is 4.64. The molecule has 1 aromatic carbocycles. The van der Waals surface area contributed by atoms with E-state index in [1.54, 1.807) is 6.07 Å². The summed E-state index contributed by atoms with van der Waals surface area (Å²) in [7, 11) is 1.23. The van der Waals surface area contributed by atoms with Crippen molar-refractivity contribution in [1.29, 1.82) is 0 Å². The third-order valence-electron chi connectivity index (χ3n) is 3.05. The van der Waals surface area contributed by atoms with Gasteiger partial charge in [-0.3, -0.25) is 25.8 Å². The molecule has 2 rings (SSSR count). The van der Waals surface area contributed by atoms with Crippen LogP contribution in [0.1, 0.15) is 20.7 Å². The van der Waals surface area contributed by atoms with Crippen molar-refractivity contribution < 1.29 is 19.2 Å². The number of thiocarbonyl (C=S) groups is 1. The topological polar surface area (TPSA) is 135 Å². The van der Waals surface area contributed by atoms with E-state index < -0.39 is 16.8 Å². The molecular weight excluding hydrogens is 362 g/mol. The van der Waals surface area contributed by atoms with Gasteiger partial charge in [0.25, 0.3) is 11.6 Å². The first-order valence-corrected chi connectivity index (χ1v) is 7.48. The molecule has 2 aromatic rings. The minimum absolute atomic E-state index is 0.0485. The van der Waals surface area contributed by atoms with E-state index in [1.165, 1.54) is 37.6 Å². The molecule has 0 bridgehead atoms. The number of hydrazine groups is 1. The predicted octanol–water partition coefficient (Wildman–Crippen LogP) is 1.41. The number of nitrogens with one attached hydrogen (secondary N) is 3. The van der Waals surface area contributed by atoms with Gasteiger partial charge < -0.3 is 10.1 Å². The Hall–Kier alpha value is -3.60. The molecule has 1 amide bonds. The molecule has 1 aromatic heterocycles. The summed E-state index contributed by atoms with van der Waals surface area (Å²) in [6.45, 7) is 0. The first kappa shape index (κ1) is 18.7. The van der Waals surface area contributed by atoms with Gasteiger partial charge in [0.2, 0.25) is 0 Å². The van der Waals surface area contributed by atoms with Crippen LogP contribution in [-0.4, -0.2) is 34.0 Å². The monoisotopic (exact) mass is 375 g/mol. The summed E-state index contributed by atoms with van der Waals surface area (Å²) in [5, 5.41) is 13.3. The van der Waals surface area contributed by atoms with E-state index in [0.29, 0.717) is 0 Å². The molecule has 0 aliphatic carbocycles. The van der Waals surface area contributed by atoms with Gasteiger partial charge in [0.05, 0.1) is 12.0 Å². The van der Waals surface area contributed by atoms with E-state index in [2.05, 4.69) is 25.9 Å². The lowest BCUT2D eigenvalue weighted by atomic mass is 10.2. The Labute approximate surface area is 152 Å². The second kappa shape index (κ2) is 8.48. The first-order chi connectivity index (χ1) is 12.4. The average molecular weight is 375 g/mol. The summed E-state index contributed by atoms with van der Waals surface area (Å²) in [5.74, 6) is -1.10. The Morgan fingerprint density at radius 2 is 2.00 bits per heavy atom. The Kier molecular flexibility index (Phi) is 6.11. The van der Waals surface area contributed by atoms with E-state index in [9.17, 15) is 19.7 Å².